The summed E-state index contributed by atoms with van der Waals surface area (Å²) in [5.74, 6) is -1.18. The molecule has 3 rings (SSSR count). The maximum Gasteiger partial charge on any atom is 0.326 e. The average Bonchev–Trinajstić information content (AvgIpc) is 3.15. The van der Waals surface area contributed by atoms with E-state index in [-0.39, 0.29) is 23.0 Å². The summed E-state index contributed by atoms with van der Waals surface area (Å²) in [6.07, 6.45) is 2.07. The van der Waals surface area contributed by atoms with E-state index in [9.17, 15) is 19.2 Å². The zero-order valence-electron chi connectivity index (χ0n) is 15.7. The Bertz CT molecular complexity index is 773. The molecule has 0 radical (unpaired) electrons. The number of Topliss-reactive ketones (excluding diaryl/α,β-unsaturated/α-hetero) is 1. The fourth-order valence-electron chi connectivity index (χ4n) is 4.48. The molecule has 27 heavy (non-hydrogen) atoms. The SMILES string of the molecule is C[C@@H]1CC(C)(C)C[C@]2(C1)NC(=O)N(CC(=O)OCC(=O)c1cccs1)C2=O. The molecular weight excluding hydrogens is 368 g/mol. The van der Waals surface area contributed by atoms with Crippen molar-refractivity contribution >= 4 is 35.0 Å². The molecule has 7 nitrogen and oxygen atoms in total. The standard InChI is InChI=1S/C19H24N2O5S/c1-12-7-18(2,3)11-19(8-12)16(24)21(17(25)20-19)9-15(23)26-10-13(22)14-5-4-6-27-14/h4-6,12H,7-11H2,1-3H3,(H,20,25)/t12-,19+/m1/s1. The average molecular weight is 392 g/mol. The molecule has 146 valence electrons. The smallest absolute Gasteiger partial charge is 0.326 e. The minimum absolute atomic E-state index is 0.0791. The molecule has 1 N–H and O–H groups in total. The van der Waals surface area contributed by atoms with Crippen LogP contribution in [-0.2, 0) is 14.3 Å². The van der Waals surface area contributed by atoms with Crippen LogP contribution >= 0.6 is 11.3 Å². The number of amides is 3. The summed E-state index contributed by atoms with van der Waals surface area (Å²) in [6, 6.07) is 2.80. The zero-order valence-corrected chi connectivity index (χ0v) is 16.6. The predicted octanol–water partition coefficient (Wildman–Crippen LogP) is 2.61. The zero-order chi connectivity index (χ0) is 19.8. The van der Waals surface area contributed by atoms with E-state index in [4.69, 9.17) is 4.74 Å². The van der Waals surface area contributed by atoms with Gasteiger partial charge in [-0.25, -0.2) is 4.79 Å². The van der Waals surface area contributed by atoms with Gasteiger partial charge in [0.05, 0.1) is 4.88 Å². The summed E-state index contributed by atoms with van der Waals surface area (Å²) >= 11 is 1.26. The number of hydrogen-bond acceptors (Lipinski definition) is 6. The van der Waals surface area contributed by atoms with Gasteiger partial charge in [0, 0.05) is 0 Å². The van der Waals surface area contributed by atoms with Crippen molar-refractivity contribution in [3.05, 3.63) is 22.4 Å². The monoisotopic (exact) mass is 392 g/mol. The number of urea groups is 1. The maximum atomic E-state index is 13.0. The Hall–Kier alpha value is -2.22. The van der Waals surface area contributed by atoms with Crippen molar-refractivity contribution in [3.63, 3.8) is 0 Å². The van der Waals surface area contributed by atoms with E-state index in [0.29, 0.717) is 17.7 Å². The third-order valence-corrected chi connectivity index (χ3v) is 5.98. The minimum atomic E-state index is -0.953. The van der Waals surface area contributed by atoms with Crippen LogP contribution < -0.4 is 5.32 Å². The second-order valence-corrected chi connectivity index (χ2v) is 9.27. The normalized spacial score (nSPS) is 26.9. The van der Waals surface area contributed by atoms with Gasteiger partial charge in [0.2, 0.25) is 5.78 Å². The Balaban J connectivity index is 1.62. The van der Waals surface area contributed by atoms with Crippen molar-refractivity contribution < 1.29 is 23.9 Å². The molecule has 1 saturated carbocycles. The molecule has 1 aliphatic heterocycles. The topological polar surface area (TPSA) is 92.8 Å². The van der Waals surface area contributed by atoms with Gasteiger partial charge >= 0.3 is 12.0 Å². The summed E-state index contributed by atoms with van der Waals surface area (Å²) in [6.45, 7) is 5.33. The van der Waals surface area contributed by atoms with E-state index in [2.05, 4.69) is 26.1 Å². The highest BCUT2D eigenvalue weighted by molar-refractivity contribution is 7.12. The van der Waals surface area contributed by atoms with E-state index in [1.54, 1.807) is 17.5 Å². The van der Waals surface area contributed by atoms with Gasteiger partial charge in [-0.2, -0.15) is 0 Å². The summed E-state index contributed by atoms with van der Waals surface area (Å²) in [7, 11) is 0. The molecule has 0 bridgehead atoms. The lowest BCUT2D eigenvalue weighted by molar-refractivity contribution is -0.147. The number of rotatable bonds is 5. The minimum Gasteiger partial charge on any atom is -0.456 e. The number of hydrogen-bond donors (Lipinski definition) is 1. The van der Waals surface area contributed by atoms with Gasteiger partial charge in [-0.05, 0) is 42.0 Å². The highest BCUT2D eigenvalue weighted by Crippen LogP contribution is 2.46. The Labute approximate surface area is 162 Å². The van der Waals surface area contributed by atoms with Crippen molar-refractivity contribution in [1.29, 1.82) is 0 Å². The van der Waals surface area contributed by atoms with Gasteiger partial charge in [-0.1, -0.05) is 26.8 Å². The van der Waals surface area contributed by atoms with Crippen LogP contribution in [0.25, 0.3) is 0 Å². The molecule has 0 aromatic carbocycles. The molecule has 2 aliphatic rings. The first kappa shape index (κ1) is 19.5. The molecule has 0 unspecified atom stereocenters. The molecule has 1 aromatic heterocycles. The first-order chi connectivity index (χ1) is 12.6. The van der Waals surface area contributed by atoms with Crippen molar-refractivity contribution in [1.82, 2.24) is 10.2 Å². The molecule has 2 fully saturated rings. The number of nitrogens with one attached hydrogen (secondary N) is 1. The molecular formula is C19H24N2O5S. The largest absolute Gasteiger partial charge is 0.456 e. The van der Waals surface area contributed by atoms with E-state index < -0.39 is 30.7 Å². The van der Waals surface area contributed by atoms with Gasteiger partial charge < -0.3 is 10.1 Å². The molecule has 1 aromatic rings. The summed E-state index contributed by atoms with van der Waals surface area (Å²) in [5.41, 5.74) is -1.03. The molecule has 2 heterocycles. The van der Waals surface area contributed by atoms with Crippen molar-refractivity contribution in [2.75, 3.05) is 13.2 Å². The van der Waals surface area contributed by atoms with E-state index in [1.165, 1.54) is 11.3 Å². The van der Waals surface area contributed by atoms with Crippen LogP contribution in [0.3, 0.4) is 0 Å². The highest BCUT2D eigenvalue weighted by Gasteiger charge is 2.56. The molecule has 1 aliphatic carbocycles. The van der Waals surface area contributed by atoms with Crippen LogP contribution in [0.4, 0.5) is 4.79 Å². The number of carbonyl (C=O) groups excluding carboxylic acids is 4. The number of ether oxygens (including phenoxy) is 1. The molecule has 1 spiro atoms. The third kappa shape index (κ3) is 4.05. The summed E-state index contributed by atoms with van der Waals surface area (Å²) in [5, 5.41) is 4.57. The number of imide groups is 1. The van der Waals surface area contributed by atoms with Crippen LogP contribution in [0, 0.1) is 11.3 Å². The molecule has 8 heteroatoms. The summed E-state index contributed by atoms with van der Waals surface area (Å²) in [4.78, 5) is 50.7. The Kier molecular flexibility index (Phi) is 5.12. The van der Waals surface area contributed by atoms with Crippen LogP contribution in [0.1, 0.15) is 49.7 Å². The Morgan fingerprint density at radius 3 is 2.70 bits per heavy atom. The maximum absolute atomic E-state index is 13.0. The number of thiophene rings is 1. The number of nitrogens with zero attached hydrogens (tertiary/aromatic N) is 1. The second-order valence-electron chi connectivity index (χ2n) is 8.32. The first-order valence-electron chi connectivity index (χ1n) is 8.98. The Morgan fingerprint density at radius 2 is 2.07 bits per heavy atom. The Morgan fingerprint density at radius 1 is 1.33 bits per heavy atom. The van der Waals surface area contributed by atoms with Gasteiger partial charge in [0.1, 0.15) is 12.1 Å². The lowest BCUT2D eigenvalue weighted by atomic mass is 9.64. The number of ketones is 1. The molecule has 2 atom stereocenters. The molecule has 1 saturated heterocycles. The molecule has 3 amide bonds. The lowest BCUT2D eigenvalue weighted by Gasteiger charge is -2.43. The number of carbonyl (C=O) groups is 4. The quantitative estimate of drug-likeness (QED) is 0.472. The summed E-state index contributed by atoms with van der Waals surface area (Å²) < 4.78 is 4.97. The highest BCUT2D eigenvalue weighted by atomic mass is 32.1. The van der Waals surface area contributed by atoms with Gasteiger partial charge in [0.25, 0.3) is 5.91 Å². The van der Waals surface area contributed by atoms with E-state index >= 15 is 0 Å². The van der Waals surface area contributed by atoms with E-state index in [0.717, 1.165) is 11.3 Å². The fourth-order valence-corrected chi connectivity index (χ4v) is 5.13. The van der Waals surface area contributed by atoms with E-state index in [1.807, 2.05) is 0 Å². The second kappa shape index (κ2) is 7.07. The third-order valence-electron chi connectivity index (χ3n) is 5.07. The number of esters is 1. The van der Waals surface area contributed by atoms with Crippen LogP contribution in [0.5, 0.6) is 0 Å². The van der Waals surface area contributed by atoms with Crippen molar-refractivity contribution in [2.24, 2.45) is 11.3 Å². The lowest BCUT2D eigenvalue weighted by Crippen LogP contribution is -2.54. The van der Waals surface area contributed by atoms with Crippen molar-refractivity contribution in [3.8, 4) is 0 Å². The fraction of sp³-hybridized carbons (Fsp3) is 0.579. The van der Waals surface area contributed by atoms with Crippen LogP contribution in [-0.4, -0.2) is 47.3 Å². The van der Waals surface area contributed by atoms with Crippen LogP contribution in [0.2, 0.25) is 0 Å². The predicted molar refractivity (Wildman–Crippen MR) is 99.4 cm³/mol. The van der Waals surface area contributed by atoms with Gasteiger partial charge in [0.15, 0.2) is 6.61 Å². The van der Waals surface area contributed by atoms with Crippen LogP contribution in [0.15, 0.2) is 17.5 Å². The van der Waals surface area contributed by atoms with Gasteiger partial charge in [-0.15, -0.1) is 11.3 Å². The van der Waals surface area contributed by atoms with Crippen molar-refractivity contribution in [2.45, 2.75) is 45.6 Å². The first-order valence-corrected chi connectivity index (χ1v) is 9.86. The van der Waals surface area contributed by atoms with Gasteiger partial charge in [-0.3, -0.25) is 19.3 Å².